The third-order valence-electron chi connectivity index (χ3n) is 4.92. The van der Waals surface area contributed by atoms with Gasteiger partial charge in [0.05, 0.1) is 16.8 Å². The predicted octanol–water partition coefficient (Wildman–Crippen LogP) is 6.99. The van der Waals surface area contributed by atoms with Crippen LogP contribution in [0.2, 0.25) is 10.0 Å². The van der Waals surface area contributed by atoms with Gasteiger partial charge in [0.15, 0.2) is 5.11 Å². The lowest BCUT2D eigenvalue weighted by Gasteiger charge is -2.12. The summed E-state index contributed by atoms with van der Waals surface area (Å²) < 4.78 is 5.69. The first kappa shape index (κ1) is 23.7. The number of hydrazone groups is 1. The number of benzene rings is 4. The van der Waals surface area contributed by atoms with Gasteiger partial charge in [0.2, 0.25) is 0 Å². The van der Waals surface area contributed by atoms with E-state index < -0.39 is 5.97 Å². The number of esters is 1. The van der Waals surface area contributed by atoms with Crippen LogP contribution in [0.1, 0.15) is 21.5 Å². The molecule has 0 unspecified atom stereocenters. The Morgan fingerprint density at radius 2 is 1.82 bits per heavy atom. The fourth-order valence-corrected chi connectivity index (χ4v) is 4.00. The van der Waals surface area contributed by atoms with Crippen molar-refractivity contribution < 1.29 is 9.53 Å². The molecule has 4 aromatic rings. The zero-order valence-corrected chi connectivity index (χ0v) is 20.3. The van der Waals surface area contributed by atoms with Gasteiger partial charge in [0.25, 0.3) is 0 Å². The van der Waals surface area contributed by atoms with Crippen LogP contribution in [-0.2, 0) is 0 Å². The Balaban J connectivity index is 1.58. The van der Waals surface area contributed by atoms with Gasteiger partial charge in [-0.3, -0.25) is 5.43 Å². The molecule has 2 N–H and O–H groups in total. The van der Waals surface area contributed by atoms with Crippen LogP contribution in [0.15, 0.2) is 84.0 Å². The number of nitrogens with one attached hydrogen (secondary N) is 2. The average molecular weight is 508 g/mol. The SMILES string of the molecule is Cc1cccc(NC(=S)NN=Cc2c(OC(=O)c3ccc(Cl)cc3Cl)ccc3ccccc23)c1. The maximum absolute atomic E-state index is 12.8. The normalized spacial score (nSPS) is 10.9. The molecule has 0 aromatic heterocycles. The highest BCUT2D eigenvalue weighted by Gasteiger charge is 2.16. The van der Waals surface area contributed by atoms with E-state index in [1.54, 1.807) is 18.3 Å². The summed E-state index contributed by atoms with van der Waals surface area (Å²) in [5.41, 5.74) is 5.59. The van der Waals surface area contributed by atoms with E-state index in [0.717, 1.165) is 22.0 Å². The van der Waals surface area contributed by atoms with Gasteiger partial charge in [-0.2, -0.15) is 5.10 Å². The Hall–Kier alpha value is -3.45. The molecule has 0 aliphatic carbocycles. The lowest BCUT2D eigenvalue weighted by Crippen LogP contribution is -2.23. The molecule has 0 radical (unpaired) electrons. The number of fused-ring (bicyclic) bond motifs is 1. The molecule has 0 aliphatic heterocycles. The highest BCUT2D eigenvalue weighted by Crippen LogP contribution is 2.29. The molecule has 0 saturated carbocycles. The Morgan fingerprint density at radius 1 is 1.00 bits per heavy atom. The van der Waals surface area contributed by atoms with Gasteiger partial charge >= 0.3 is 5.97 Å². The van der Waals surface area contributed by atoms with Crippen LogP contribution in [0.25, 0.3) is 10.8 Å². The molecule has 0 saturated heterocycles. The number of halogens is 2. The molecular formula is C26H19Cl2N3O2S. The highest BCUT2D eigenvalue weighted by atomic mass is 35.5. The summed E-state index contributed by atoms with van der Waals surface area (Å²) >= 11 is 17.4. The molecule has 0 aliphatic rings. The first-order chi connectivity index (χ1) is 16.4. The van der Waals surface area contributed by atoms with Crippen molar-refractivity contribution in [1.82, 2.24) is 5.43 Å². The van der Waals surface area contributed by atoms with Crippen LogP contribution in [0, 0.1) is 6.92 Å². The van der Waals surface area contributed by atoms with Crippen molar-refractivity contribution >= 4 is 69.2 Å². The van der Waals surface area contributed by atoms with E-state index in [0.29, 0.717) is 21.4 Å². The number of rotatable bonds is 5. The molecule has 0 amide bonds. The first-order valence-corrected chi connectivity index (χ1v) is 11.4. The molecule has 0 fully saturated rings. The molecule has 5 nitrogen and oxygen atoms in total. The number of nitrogens with zero attached hydrogens (tertiary/aromatic N) is 1. The second kappa shape index (κ2) is 10.7. The van der Waals surface area contributed by atoms with Crippen LogP contribution >= 0.6 is 35.4 Å². The second-order valence-corrected chi connectivity index (χ2v) is 8.66. The summed E-state index contributed by atoms with van der Waals surface area (Å²) in [5, 5.41) is 10.1. The van der Waals surface area contributed by atoms with Crippen molar-refractivity contribution in [1.29, 1.82) is 0 Å². The number of hydrogen-bond acceptors (Lipinski definition) is 4. The Bertz CT molecular complexity index is 1420. The summed E-state index contributed by atoms with van der Waals surface area (Å²) in [5.74, 6) is -0.269. The number of anilines is 1. The smallest absolute Gasteiger partial charge is 0.345 e. The van der Waals surface area contributed by atoms with E-state index in [2.05, 4.69) is 15.8 Å². The van der Waals surface area contributed by atoms with Crippen molar-refractivity contribution in [3.8, 4) is 5.75 Å². The summed E-state index contributed by atoms with van der Waals surface area (Å²) in [6.07, 6.45) is 1.57. The average Bonchev–Trinajstić information content (AvgIpc) is 2.80. The molecule has 8 heteroatoms. The molecular weight excluding hydrogens is 489 g/mol. The molecule has 0 bridgehead atoms. The summed E-state index contributed by atoms with van der Waals surface area (Å²) in [6.45, 7) is 2.00. The Morgan fingerprint density at radius 3 is 2.62 bits per heavy atom. The fourth-order valence-electron chi connectivity index (χ4n) is 3.34. The van der Waals surface area contributed by atoms with Crippen molar-refractivity contribution in [3.05, 3.63) is 106 Å². The number of carbonyl (C=O) groups is 1. The minimum Gasteiger partial charge on any atom is -0.422 e. The Kier molecular flexibility index (Phi) is 7.43. The van der Waals surface area contributed by atoms with Gasteiger partial charge in [-0.15, -0.1) is 0 Å². The first-order valence-electron chi connectivity index (χ1n) is 10.3. The van der Waals surface area contributed by atoms with E-state index in [4.69, 9.17) is 40.2 Å². The maximum Gasteiger partial charge on any atom is 0.345 e. The lowest BCUT2D eigenvalue weighted by atomic mass is 10.0. The van der Waals surface area contributed by atoms with Gasteiger partial charge in [-0.25, -0.2) is 4.79 Å². The highest BCUT2D eigenvalue weighted by molar-refractivity contribution is 7.80. The molecule has 4 rings (SSSR count). The molecule has 0 heterocycles. The Labute approximate surface area is 212 Å². The van der Waals surface area contributed by atoms with Crippen LogP contribution < -0.4 is 15.5 Å². The lowest BCUT2D eigenvalue weighted by molar-refractivity contribution is 0.0735. The molecule has 34 heavy (non-hydrogen) atoms. The van der Waals surface area contributed by atoms with E-state index >= 15 is 0 Å². The van der Waals surface area contributed by atoms with Gasteiger partial charge in [-0.1, -0.05) is 65.7 Å². The van der Waals surface area contributed by atoms with Crippen LogP contribution in [0.3, 0.4) is 0 Å². The predicted molar refractivity (Wildman–Crippen MR) is 143 cm³/mol. The third-order valence-corrected chi connectivity index (χ3v) is 5.66. The summed E-state index contributed by atoms with van der Waals surface area (Å²) in [7, 11) is 0. The van der Waals surface area contributed by atoms with Gasteiger partial charge in [0, 0.05) is 16.3 Å². The molecule has 170 valence electrons. The van der Waals surface area contributed by atoms with Crippen molar-refractivity contribution in [2.45, 2.75) is 6.92 Å². The molecule has 4 aromatic carbocycles. The van der Waals surface area contributed by atoms with E-state index in [-0.39, 0.29) is 10.6 Å². The number of aryl methyl sites for hydroxylation is 1. The van der Waals surface area contributed by atoms with Gasteiger partial charge in [0.1, 0.15) is 5.75 Å². The van der Waals surface area contributed by atoms with E-state index in [1.165, 1.54) is 12.1 Å². The zero-order valence-electron chi connectivity index (χ0n) is 18.0. The zero-order chi connectivity index (χ0) is 24.1. The topological polar surface area (TPSA) is 62.7 Å². The van der Waals surface area contributed by atoms with Crippen molar-refractivity contribution in [2.24, 2.45) is 5.10 Å². The fraction of sp³-hybridized carbons (Fsp3) is 0.0385. The van der Waals surface area contributed by atoms with Crippen LogP contribution in [0.5, 0.6) is 5.75 Å². The van der Waals surface area contributed by atoms with E-state index in [1.807, 2.05) is 61.5 Å². The number of hydrogen-bond donors (Lipinski definition) is 2. The molecule has 0 spiro atoms. The summed E-state index contributed by atoms with van der Waals surface area (Å²) in [6, 6.07) is 23.7. The minimum atomic E-state index is -0.601. The third kappa shape index (κ3) is 5.72. The van der Waals surface area contributed by atoms with Gasteiger partial charge in [-0.05, 0) is 71.9 Å². The largest absolute Gasteiger partial charge is 0.422 e. The van der Waals surface area contributed by atoms with Crippen LogP contribution in [0.4, 0.5) is 5.69 Å². The number of thiocarbonyl (C=S) groups is 1. The number of ether oxygens (including phenoxy) is 1. The standard InChI is InChI=1S/C26H19Cl2N3O2S/c1-16-5-4-7-19(13-16)30-26(34)31-29-15-22-20-8-3-2-6-17(20)9-12-24(22)33-25(32)21-11-10-18(27)14-23(21)28/h2-15H,1H3,(H2,30,31,34). The van der Waals surface area contributed by atoms with Gasteiger partial charge < -0.3 is 10.1 Å². The quantitative estimate of drug-likeness (QED) is 0.100. The monoisotopic (exact) mass is 507 g/mol. The maximum atomic E-state index is 12.8. The second-order valence-electron chi connectivity index (χ2n) is 7.41. The number of carbonyl (C=O) groups excluding carboxylic acids is 1. The van der Waals surface area contributed by atoms with E-state index in [9.17, 15) is 4.79 Å². The molecule has 0 atom stereocenters. The van der Waals surface area contributed by atoms with Crippen molar-refractivity contribution in [3.63, 3.8) is 0 Å². The minimum absolute atomic E-state index is 0.211. The summed E-state index contributed by atoms with van der Waals surface area (Å²) in [4.78, 5) is 12.8. The van der Waals surface area contributed by atoms with Crippen molar-refractivity contribution in [2.75, 3.05) is 5.32 Å². The van der Waals surface area contributed by atoms with Crippen LogP contribution in [-0.4, -0.2) is 17.3 Å².